The average Bonchev–Trinajstić information content (AvgIpc) is 3.03. The van der Waals surface area contributed by atoms with Gasteiger partial charge in [0.2, 0.25) is 6.29 Å². The number of methoxy groups -OCH3 is 2. The Morgan fingerprint density at radius 2 is 2.12 bits per heavy atom. The molecule has 1 saturated carbocycles. The first kappa shape index (κ1) is 11.4. The Hall–Kier alpha value is -0.650. The predicted octanol–water partition coefficient (Wildman–Crippen LogP) is 2.59. The molecule has 5 heteroatoms. The number of pyridine rings is 1. The molecule has 0 bridgehead atoms. The molecule has 1 spiro atoms. The molecule has 0 aromatic carbocycles. The Labute approximate surface area is 109 Å². The molecule has 0 saturated heterocycles. The summed E-state index contributed by atoms with van der Waals surface area (Å²) >= 11 is 3.56. The molecule has 2 aliphatic rings. The predicted molar refractivity (Wildman–Crippen MR) is 68.1 cm³/mol. The van der Waals surface area contributed by atoms with E-state index < -0.39 is 6.29 Å². The third-order valence-electron chi connectivity index (χ3n) is 3.67. The van der Waals surface area contributed by atoms with Gasteiger partial charge in [-0.3, -0.25) is 0 Å². The van der Waals surface area contributed by atoms with Crippen LogP contribution >= 0.6 is 15.9 Å². The van der Waals surface area contributed by atoms with Gasteiger partial charge >= 0.3 is 0 Å². The van der Waals surface area contributed by atoms with Crippen LogP contribution in [-0.4, -0.2) is 25.7 Å². The lowest BCUT2D eigenvalue weighted by molar-refractivity contribution is -0.109. The van der Waals surface area contributed by atoms with Gasteiger partial charge in [0.25, 0.3) is 0 Å². The van der Waals surface area contributed by atoms with Gasteiger partial charge < -0.3 is 14.8 Å². The summed E-state index contributed by atoms with van der Waals surface area (Å²) in [5.41, 5.74) is 2.48. The van der Waals surface area contributed by atoms with Crippen LogP contribution in [0.4, 0.5) is 5.82 Å². The molecule has 0 atom stereocenters. The maximum atomic E-state index is 5.25. The van der Waals surface area contributed by atoms with Crippen LogP contribution in [0.2, 0.25) is 0 Å². The highest BCUT2D eigenvalue weighted by atomic mass is 79.9. The molecule has 1 aromatic heterocycles. The summed E-state index contributed by atoms with van der Waals surface area (Å²) in [6.07, 6.45) is 2.10. The van der Waals surface area contributed by atoms with Crippen molar-refractivity contribution in [2.45, 2.75) is 24.5 Å². The fourth-order valence-electron chi connectivity index (χ4n) is 2.47. The third-order valence-corrected chi connectivity index (χ3v) is 4.31. The van der Waals surface area contributed by atoms with Crippen molar-refractivity contribution in [1.29, 1.82) is 0 Å². The number of nitrogens with one attached hydrogen (secondary N) is 1. The highest BCUT2D eigenvalue weighted by molar-refractivity contribution is 9.10. The van der Waals surface area contributed by atoms with Crippen molar-refractivity contribution in [3.05, 3.63) is 21.8 Å². The van der Waals surface area contributed by atoms with Gasteiger partial charge in [-0.15, -0.1) is 0 Å². The van der Waals surface area contributed by atoms with Crippen molar-refractivity contribution in [1.82, 2.24) is 4.98 Å². The number of aromatic nitrogens is 1. The van der Waals surface area contributed by atoms with E-state index >= 15 is 0 Å². The van der Waals surface area contributed by atoms with Crippen molar-refractivity contribution >= 4 is 21.7 Å². The fraction of sp³-hybridized carbons (Fsp3) is 0.583. The maximum Gasteiger partial charge on any atom is 0.201 e. The van der Waals surface area contributed by atoms with E-state index in [-0.39, 0.29) is 0 Å². The highest BCUT2D eigenvalue weighted by Gasteiger charge is 2.50. The topological polar surface area (TPSA) is 43.4 Å². The minimum absolute atomic E-state index is 0.360. The molecular formula is C12H15BrN2O2. The number of fused-ring (bicyclic) bond motifs is 2. The number of hydrogen-bond donors (Lipinski definition) is 1. The van der Waals surface area contributed by atoms with Crippen molar-refractivity contribution in [2.75, 3.05) is 26.1 Å². The van der Waals surface area contributed by atoms with Crippen LogP contribution in [0, 0.1) is 0 Å². The van der Waals surface area contributed by atoms with E-state index in [1.54, 1.807) is 14.2 Å². The first-order valence-electron chi connectivity index (χ1n) is 5.70. The molecule has 0 radical (unpaired) electrons. The van der Waals surface area contributed by atoms with Crippen molar-refractivity contribution in [2.24, 2.45) is 0 Å². The fourth-order valence-corrected chi connectivity index (χ4v) is 2.98. The number of anilines is 1. The largest absolute Gasteiger partial charge is 0.369 e. The highest BCUT2D eigenvalue weighted by Crippen LogP contribution is 2.54. The molecule has 4 nitrogen and oxygen atoms in total. The van der Waals surface area contributed by atoms with Crippen molar-refractivity contribution in [3.8, 4) is 0 Å². The van der Waals surface area contributed by atoms with Crippen LogP contribution in [0.5, 0.6) is 0 Å². The summed E-state index contributed by atoms with van der Waals surface area (Å²) in [6.45, 7) is 1.01. The van der Waals surface area contributed by atoms with E-state index in [0.29, 0.717) is 5.41 Å². The molecule has 17 heavy (non-hydrogen) atoms. The average molecular weight is 299 g/mol. The second-order valence-electron chi connectivity index (χ2n) is 4.69. The molecule has 92 valence electrons. The molecule has 1 aliphatic carbocycles. The van der Waals surface area contributed by atoms with Crippen LogP contribution in [0.1, 0.15) is 30.4 Å². The second-order valence-corrected chi connectivity index (χ2v) is 5.54. The van der Waals surface area contributed by atoms with Gasteiger partial charge in [-0.25, -0.2) is 4.98 Å². The minimum atomic E-state index is -0.424. The van der Waals surface area contributed by atoms with E-state index in [1.807, 2.05) is 0 Å². The van der Waals surface area contributed by atoms with Gasteiger partial charge in [-0.1, -0.05) is 0 Å². The lowest BCUT2D eigenvalue weighted by atomic mass is 10.0. The summed E-state index contributed by atoms with van der Waals surface area (Å²) in [4.78, 5) is 4.62. The monoisotopic (exact) mass is 298 g/mol. The van der Waals surface area contributed by atoms with E-state index in [9.17, 15) is 0 Å². The quantitative estimate of drug-likeness (QED) is 0.871. The molecule has 3 rings (SSSR count). The Morgan fingerprint density at radius 1 is 1.41 bits per heavy atom. The Kier molecular flexibility index (Phi) is 2.65. The van der Waals surface area contributed by atoms with Crippen LogP contribution in [-0.2, 0) is 14.9 Å². The van der Waals surface area contributed by atoms with Crippen molar-refractivity contribution in [3.63, 3.8) is 0 Å². The summed E-state index contributed by atoms with van der Waals surface area (Å²) in [5, 5.41) is 3.38. The first-order chi connectivity index (χ1) is 8.20. The first-order valence-corrected chi connectivity index (χ1v) is 6.50. The smallest absolute Gasteiger partial charge is 0.201 e. The van der Waals surface area contributed by atoms with Gasteiger partial charge in [0.05, 0.1) is 0 Å². The molecule has 2 heterocycles. The number of rotatable bonds is 3. The SMILES string of the molecule is COC(OC)c1nc2c(cc1Br)C1(CC1)CN2. The van der Waals surface area contributed by atoms with Gasteiger partial charge in [-0.2, -0.15) is 0 Å². The van der Waals surface area contributed by atoms with Crippen LogP contribution in [0.3, 0.4) is 0 Å². The number of hydrogen-bond acceptors (Lipinski definition) is 4. The zero-order valence-corrected chi connectivity index (χ0v) is 11.5. The zero-order chi connectivity index (χ0) is 12.0. The van der Waals surface area contributed by atoms with E-state index in [2.05, 4.69) is 32.3 Å². The van der Waals surface area contributed by atoms with Crippen LogP contribution in [0.25, 0.3) is 0 Å². The standard InChI is InChI=1S/C12H15BrN2O2/c1-16-11(17-2)9-8(13)5-7-10(15-9)14-6-12(7)3-4-12/h5,11H,3-4,6H2,1-2H3,(H,14,15). The van der Waals surface area contributed by atoms with Gasteiger partial charge in [0.15, 0.2) is 0 Å². The molecule has 1 fully saturated rings. The maximum absolute atomic E-state index is 5.25. The molecule has 1 aliphatic heterocycles. The van der Waals surface area contributed by atoms with Crippen LogP contribution < -0.4 is 5.32 Å². The number of nitrogens with zero attached hydrogens (tertiary/aromatic N) is 1. The summed E-state index contributed by atoms with van der Waals surface area (Å²) in [7, 11) is 3.23. The third kappa shape index (κ3) is 1.68. The molecule has 1 aromatic rings. The Bertz CT molecular complexity index is 456. The summed E-state index contributed by atoms with van der Waals surface area (Å²) in [6, 6.07) is 2.16. The summed E-state index contributed by atoms with van der Waals surface area (Å²) in [5.74, 6) is 0.986. The van der Waals surface area contributed by atoms with E-state index in [4.69, 9.17) is 9.47 Å². The Balaban J connectivity index is 2.03. The normalized spacial score (nSPS) is 19.5. The Morgan fingerprint density at radius 3 is 2.71 bits per heavy atom. The lowest BCUT2D eigenvalue weighted by Crippen LogP contribution is -2.09. The van der Waals surface area contributed by atoms with Gasteiger partial charge in [-0.05, 0) is 34.8 Å². The molecule has 0 amide bonds. The molecule has 0 unspecified atom stereocenters. The van der Waals surface area contributed by atoms with Gasteiger partial charge in [0, 0.05) is 36.2 Å². The lowest BCUT2D eigenvalue weighted by Gasteiger charge is -2.16. The summed E-state index contributed by atoms with van der Waals surface area (Å²) < 4.78 is 11.5. The second kappa shape index (κ2) is 3.93. The number of halogens is 1. The van der Waals surface area contributed by atoms with E-state index in [1.165, 1.54) is 18.4 Å². The van der Waals surface area contributed by atoms with E-state index in [0.717, 1.165) is 22.5 Å². The zero-order valence-electron chi connectivity index (χ0n) is 9.92. The molecule has 1 N–H and O–H groups in total. The van der Waals surface area contributed by atoms with Crippen molar-refractivity contribution < 1.29 is 9.47 Å². The van der Waals surface area contributed by atoms with Crippen LogP contribution in [0.15, 0.2) is 10.5 Å². The number of ether oxygens (including phenoxy) is 2. The molecular weight excluding hydrogens is 284 g/mol. The van der Waals surface area contributed by atoms with Gasteiger partial charge in [0.1, 0.15) is 11.5 Å². The minimum Gasteiger partial charge on any atom is -0.369 e.